The molecule has 0 spiro atoms. The van der Waals surface area contributed by atoms with Crippen molar-refractivity contribution in [3.8, 4) is 5.88 Å². The van der Waals surface area contributed by atoms with Crippen LogP contribution < -0.4 is 4.90 Å². The van der Waals surface area contributed by atoms with Crippen LogP contribution in [0.4, 0.5) is 11.8 Å². The smallest absolute Gasteiger partial charge is 0.238 e. The Morgan fingerprint density at radius 2 is 1.96 bits per heavy atom. The lowest BCUT2D eigenvalue weighted by molar-refractivity contribution is 0.311. The number of nitrogens with zero attached hydrogens (tertiary/aromatic N) is 5. The van der Waals surface area contributed by atoms with E-state index in [2.05, 4.69) is 36.8 Å². The molecule has 0 aliphatic carbocycles. The topological polar surface area (TPSA) is 80.6 Å². The largest absolute Gasteiger partial charge is 0.492 e. The second-order valence-corrected chi connectivity index (χ2v) is 5.82. The van der Waals surface area contributed by atoms with Gasteiger partial charge in [-0.05, 0) is 25.3 Å². The molecule has 2 N–H and O–H groups in total. The first-order chi connectivity index (χ1) is 11.2. The molecule has 1 saturated heterocycles. The Balaban J connectivity index is 0.00000113. The third-order valence-electron chi connectivity index (χ3n) is 4.23. The number of H-pyrrole nitrogens is 1. The fourth-order valence-electron chi connectivity index (χ4n) is 2.83. The Kier molecular flexibility index (Phi) is 6.05. The molecule has 7 nitrogen and oxygen atoms in total. The number of aromatic nitrogens is 3. The van der Waals surface area contributed by atoms with Crippen molar-refractivity contribution < 1.29 is 5.11 Å². The Morgan fingerprint density at radius 3 is 2.72 bits per heavy atom. The molecule has 0 aromatic carbocycles. The Hall–Kier alpha value is -2.09. The lowest BCUT2D eigenvalue weighted by Crippen LogP contribution is -2.44. The fourth-order valence-corrected chi connectivity index (χ4v) is 2.83. The molecule has 0 bridgehead atoms. The van der Waals surface area contributed by atoms with Crippen LogP contribution in [0.1, 0.15) is 11.3 Å². The minimum atomic E-state index is 0. The summed E-state index contributed by atoms with van der Waals surface area (Å²) in [6.45, 7) is 3.77. The van der Waals surface area contributed by atoms with Crippen molar-refractivity contribution in [2.75, 3.05) is 38.1 Å². The van der Waals surface area contributed by atoms with E-state index in [9.17, 15) is 5.11 Å². The number of aliphatic imine (C=N–C) groups is 1. The first-order valence-electron chi connectivity index (χ1n) is 7.64. The summed E-state index contributed by atoms with van der Waals surface area (Å²) >= 11 is 0. The summed E-state index contributed by atoms with van der Waals surface area (Å²) < 4.78 is 0. The van der Waals surface area contributed by atoms with E-state index in [1.165, 1.54) is 0 Å². The predicted octanol–water partition coefficient (Wildman–Crippen LogP) is 2.36. The average molecular weight is 383 g/mol. The van der Waals surface area contributed by atoms with Crippen molar-refractivity contribution in [3.63, 3.8) is 0 Å². The minimum Gasteiger partial charge on any atom is -0.492 e. The highest BCUT2D eigenvalue weighted by atomic mass is 35.5. The Morgan fingerprint density at radius 1 is 1.20 bits per heavy atom. The highest BCUT2D eigenvalue weighted by Crippen LogP contribution is 2.32. The number of halogens is 2. The lowest BCUT2D eigenvalue weighted by Gasteiger charge is -2.31. The maximum atomic E-state index is 10.1. The molecule has 2 aromatic heterocycles. The maximum Gasteiger partial charge on any atom is 0.238 e. The number of piperazine rings is 1. The third-order valence-corrected chi connectivity index (χ3v) is 4.23. The van der Waals surface area contributed by atoms with Crippen LogP contribution in [-0.4, -0.2) is 64.4 Å². The molecule has 0 amide bonds. The minimum absolute atomic E-state index is 0. The van der Waals surface area contributed by atoms with Crippen molar-refractivity contribution in [3.05, 3.63) is 29.6 Å². The summed E-state index contributed by atoms with van der Waals surface area (Å²) in [6, 6.07) is 3.85. The number of fused-ring (bicyclic) bond motifs is 1. The van der Waals surface area contributed by atoms with E-state index in [1.807, 2.05) is 18.2 Å². The molecule has 0 unspecified atom stereocenters. The van der Waals surface area contributed by atoms with Crippen LogP contribution in [0.2, 0.25) is 0 Å². The van der Waals surface area contributed by atoms with Crippen molar-refractivity contribution in [1.82, 2.24) is 19.9 Å². The summed E-state index contributed by atoms with van der Waals surface area (Å²) in [6.07, 6.45) is 5.34. The summed E-state index contributed by atoms with van der Waals surface area (Å²) in [7, 11) is 2.11. The number of hydrogen-bond donors (Lipinski definition) is 2. The highest BCUT2D eigenvalue weighted by Gasteiger charge is 2.20. The highest BCUT2D eigenvalue weighted by molar-refractivity contribution is 6.20. The van der Waals surface area contributed by atoms with Gasteiger partial charge in [0.05, 0.1) is 0 Å². The van der Waals surface area contributed by atoms with Crippen LogP contribution in [0.3, 0.4) is 0 Å². The standard InChI is InChI=1S/C16H18N6O.2ClH/c1-21-5-7-22(8-6-21)16-19-13(15(23)20-16)9-11-10-18-14-12(11)3-2-4-17-14;;/h2-4,9-10,23H,5-8H2,1H3,(H,19,20);2*1H/b11-9+;;. The molecule has 0 atom stereocenters. The number of aromatic amines is 1. The molecule has 4 heterocycles. The number of nitrogens with one attached hydrogen (secondary N) is 1. The molecular formula is C16H20Cl2N6O. The lowest BCUT2D eigenvalue weighted by atomic mass is 10.1. The van der Waals surface area contributed by atoms with E-state index >= 15 is 0 Å². The number of allylic oxidation sites excluding steroid dienone is 1. The van der Waals surface area contributed by atoms with Gasteiger partial charge in [0.1, 0.15) is 5.69 Å². The van der Waals surface area contributed by atoms with Gasteiger partial charge in [-0.2, -0.15) is 4.98 Å². The summed E-state index contributed by atoms with van der Waals surface area (Å²) in [5.41, 5.74) is 2.47. The normalized spacial score (nSPS) is 18.0. The van der Waals surface area contributed by atoms with Crippen LogP contribution >= 0.6 is 24.8 Å². The van der Waals surface area contributed by atoms with Gasteiger partial charge in [0.15, 0.2) is 5.82 Å². The second-order valence-electron chi connectivity index (χ2n) is 5.82. The van der Waals surface area contributed by atoms with E-state index in [4.69, 9.17) is 0 Å². The number of hydrogen-bond acceptors (Lipinski definition) is 6. The summed E-state index contributed by atoms with van der Waals surface area (Å²) in [5, 5.41) is 10.1. The van der Waals surface area contributed by atoms with Gasteiger partial charge in [-0.15, -0.1) is 24.8 Å². The molecule has 134 valence electrons. The molecule has 9 heteroatoms. The Bertz CT molecular complexity index is 796. The van der Waals surface area contributed by atoms with Gasteiger partial charge in [0, 0.05) is 49.7 Å². The van der Waals surface area contributed by atoms with E-state index in [-0.39, 0.29) is 30.7 Å². The van der Waals surface area contributed by atoms with Gasteiger partial charge in [0.25, 0.3) is 0 Å². The van der Waals surface area contributed by atoms with Crippen LogP contribution in [0.5, 0.6) is 5.88 Å². The zero-order valence-corrected chi connectivity index (χ0v) is 15.3. The van der Waals surface area contributed by atoms with Crippen LogP contribution in [0.25, 0.3) is 11.6 Å². The van der Waals surface area contributed by atoms with E-state index in [1.54, 1.807) is 12.4 Å². The van der Waals surface area contributed by atoms with Gasteiger partial charge < -0.3 is 19.9 Å². The van der Waals surface area contributed by atoms with Gasteiger partial charge in [-0.25, -0.2) is 9.98 Å². The molecule has 2 aliphatic heterocycles. The monoisotopic (exact) mass is 382 g/mol. The van der Waals surface area contributed by atoms with E-state index < -0.39 is 0 Å². The number of anilines is 1. The molecule has 0 saturated carbocycles. The molecule has 25 heavy (non-hydrogen) atoms. The zero-order chi connectivity index (χ0) is 15.8. The fraction of sp³-hybridized carbons (Fsp3) is 0.312. The first kappa shape index (κ1) is 19.2. The summed E-state index contributed by atoms with van der Waals surface area (Å²) in [5.74, 6) is 1.43. The van der Waals surface area contributed by atoms with Crippen LogP contribution in [0, 0.1) is 0 Å². The van der Waals surface area contributed by atoms with Gasteiger partial charge in [-0.3, -0.25) is 0 Å². The van der Waals surface area contributed by atoms with Crippen molar-refractivity contribution >= 4 is 54.4 Å². The second kappa shape index (κ2) is 7.86. The third kappa shape index (κ3) is 3.78. The number of imidazole rings is 1. The first-order valence-corrected chi connectivity index (χ1v) is 7.64. The van der Waals surface area contributed by atoms with Gasteiger partial charge in [0.2, 0.25) is 11.8 Å². The number of pyridine rings is 1. The van der Waals surface area contributed by atoms with Gasteiger partial charge in [-0.1, -0.05) is 0 Å². The Labute approximate surface area is 158 Å². The van der Waals surface area contributed by atoms with Gasteiger partial charge >= 0.3 is 0 Å². The average Bonchev–Trinajstić information content (AvgIpc) is 3.13. The number of likely N-dealkylation sites (N-methyl/N-ethyl adjacent to an activating group) is 1. The zero-order valence-electron chi connectivity index (χ0n) is 13.7. The van der Waals surface area contributed by atoms with E-state index in [0.717, 1.165) is 37.3 Å². The van der Waals surface area contributed by atoms with Crippen molar-refractivity contribution in [2.24, 2.45) is 4.99 Å². The predicted molar refractivity (Wildman–Crippen MR) is 105 cm³/mol. The molecule has 1 fully saturated rings. The molecule has 4 rings (SSSR count). The molecule has 2 aliphatic rings. The van der Waals surface area contributed by atoms with Crippen molar-refractivity contribution in [2.45, 2.75) is 0 Å². The quantitative estimate of drug-likeness (QED) is 0.832. The molecular weight excluding hydrogens is 363 g/mol. The van der Waals surface area contributed by atoms with Crippen LogP contribution in [-0.2, 0) is 0 Å². The molecule has 2 aromatic rings. The molecule has 0 radical (unpaired) electrons. The SMILES string of the molecule is CN1CCN(c2nc(O)c(/C=C3\C=Nc4ncccc43)[nH]2)CC1.Cl.Cl. The number of rotatable bonds is 2. The summed E-state index contributed by atoms with van der Waals surface area (Å²) in [4.78, 5) is 20.4. The van der Waals surface area contributed by atoms with Crippen molar-refractivity contribution in [1.29, 1.82) is 0 Å². The van der Waals surface area contributed by atoms with E-state index in [0.29, 0.717) is 17.5 Å². The maximum absolute atomic E-state index is 10.1. The number of aromatic hydroxyl groups is 1. The van der Waals surface area contributed by atoms with Crippen LogP contribution in [0.15, 0.2) is 23.3 Å².